The molecule has 1 heterocycles. The Bertz CT molecular complexity index is 895. The summed E-state index contributed by atoms with van der Waals surface area (Å²) >= 11 is 11.9. The van der Waals surface area contributed by atoms with Gasteiger partial charge >= 0.3 is 0 Å². The fraction of sp³-hybridized carbons (Fsp3) is 0.474. The van der Waals surface area contributed by atoms with Crippen LogP contribution in [0.15, 0.2) is 18.2 Å². The van der Waals surface area contributed by atoms with Crippen molar-refractivity contribution in [3.8, 4) is 0 Å². The molecule has 2 aliphatic rings. The average molecular weight is 458 g/mol. The lowest BCUT2D eigenvalue weighted by atomic mass is 10.1. The molecule has 1 aliphatic carbocycles. The summed E-state index contributed by atoms with van der Waals surface area (Å²) in [4.78, 5) is 38.0. The van der Waals surface area contributed by atoms with Crippen molar-refractivity contribution in [2.75, 3.05) is 25.0 Å². The van der Waals surface area contributed by atoms with Crippen LogP contribution < -0.4 is 16.4 Å². The Balaban J connectivity index is 1.60. The predicted molar refractivity (Wildman–Crippen MR) is 111 cm³/mol. The quantitative estimate of drug-likeness (QED) is 0.347. The molecule has 1 aromatic carbocycles. The van der Waals surface area contributed by atoms with E-state index in [1.54, 1.807) is 0 Å². The van der Waals surface area contributed by atoms with E-state index >= 15 is 0 Å². The standard InChI is InChI=1S/C19H22Cl2FN5O3/c20-19(21)7-10(19)8-26-18(30)14-2-1-5-27(14)15(28)9-25-13-4-3-11(22)6-12(13)16(23)17(24)29/h3-4,6,10,14,23,25H,1-2,5,7-9H2,(H2,24,29)(H,26,30)/t10-,14+/m1/s1. The van der Waals surface area contributed by atoms with Crippen molar-refractivity contribution in [1.29, 1.82) is 5.41 Å². The molecule has 3 amide bonds. The highest BCUT2D eigenvalue weighted by Crippen LogP contribution is 2.52. The van der Waals surface area contributed by atoms with E-state index in [9.17, 15) is 18.8 Å². The molecule has 0 radical (unpaired) electrons. The van der Waals surface area contributed by atoms with Crippen LogP contribution in [0.1, 0.15) is 24.8 Å². The summed E-state index contributed by atoms with van der Waals surface area (Å²) in [5.41, 5.74) is 4.73. The summed E-state index contributed by atoms with van der Waals surface area (Å²) in [6, 6.07) is 2.87. The molecule has 1 aliphatic heterocycles. The molecule has 30 heavy (non-hydrogen) atoms. The summed E-state index contributed by atoms with van der Waals surface area (Å²) in [6.45, 7) is 0.602. The molecule has 0 spiro atoms. The average Bonchev–Trinajstić information content (AvgIpc) is 3.07. The second kappa shape index (κ2) is 8.77. The van der Waals surface area contributed by atoms with Crippen molar-refractivity contribution in [3.63, 3.8) is 0 Å². The minimum absolute atomic E-state index is 0.00877. The van der Waals surface area contributed by atoms with Crippen LogP contribution in [0.25, 0.3) is 0 Å². The third kappa shape index (κ3) is 5.02. The number of likely N-dealkylation sites (tertiary alicyclic amines) is 1. The van der Waals surface area contributed by atoms with Crippen LogP contribution in [0.5, 0.6) is 0 Å². The zero-order valence-electron chi connectivity index (χ0n) is 16.0. The van der Waals surface area contributed by atoms with Crippen LogP contribution in [0.2, 0.25) is 0 Å². The molecular weight excluding hydrogens is 436 g/mol. The van der Waals surface area contributed by atoms with Gasteiger partial charge in [0, 0.05) is 30.3 Å². The molecule has 1 saturated carbocycles. The number of halogens is 3. The van der Waals surface area contributed by atoms with E-state index < -0.39 is 27.8 Å². The molecular formula is C19H22Cl2FN5O3. The van der Waals surface area contributed by atoms with E-state index in [4.69, 9.17) is 34.3 Å². The van der Waals surface area contributed by atoms with Gasteiger partial charge in [0.25, 0.3) is 5.91 Å². The number of carbonyl (C=O) groups is 3. The fourth-order valence-electron chi connectivity index (χ4n) is 3.45. The molecule has 0 aromatic heterocycles. The number of hydrogen-bond acceptors (Lipinski definition) is 5. The summed E-state index contributed by atoms with van der Waals surface area (Å²) in [5.74, 6) is -2.23. The molecule has 5 N–H and O–H groups in total. The summed E-state index contributed by atoms with van der Waals surface area (Å²) in [7, 11) is 0. The number of primary amides is 1. The molecule has 3 rings (SSSR count). The van der Waals surface area contributed by atoms with Crippen LogP contribution >= 0.6 is 23.2 Å². The number of rotatable bonds is 8. The molecule has 0 unspecified atom stereocenters. The number of alkyl halides is 2. The highest BCUT2D eigenvalue weighted by atomic mass is 35.5. The van der Waals surface area contributed by atoms with E-state index in [1.807, 2.05) is 0 Å². The van der Waals surface area contributed by atoms with E-state index in [2.05, 4.69) is 10.6 Å². The first kappa shape index (κ1) is 22.3. The first-order valence-electron chi connectivity index (χ1n) is 9.47. The largest absolute Gasteiger partial charge is 0.376 e. The van der Waals surface area contributed by atoms with Crippen molar-refractivity contribution >= 4 is 52.3 Å². The minimum Gasteiger partial charge on any atom is -0.376 e. The lowest BCUT2D eigenvalue weighted by Crippen LogP contribution is -2.48. The molecule has 1 saturated heterocycles. The minimum atomic E-state index is -1.01. The van der Waals surface area contributed by atoms with Gasteiger partial charge in [0.1, 0.15) is 21.9 Å². The monoisotopic (exact) mass is 457 g/mol. The Morgan fingerprint density at radius 2 is 2.03 bits per heavy atom. The molecule has 8 nitrogen and oxygen atoms in total. The smallest absolute Gasteiger partial charge is 0.267 e. The summed E-state index contributed by atoms with van der Waals surface area (Å²) in [5, 5.41) is 13.3. The van der Waals surface area contributed by atoms with E-state index in [0.29, 0.717) is 32.4 Å². The third-order valence-corrected chi connectivity index (χ3v) is 6.21. The lowest BCUT2D eigenvalue weighted by molar-refractivity contribution is -0.137. The molecule has 11 heteroatoms. The van der Waals surface area contributed by atoms with Crippen LogP contribution in [0.3, 0.4) is 0 Å². The van der Waals surface area contributed by atoms with Crippen molar-refractivity contribution in [2.24, 2.45) is 11.7 Å². The molecule has 0 bridgehead atoms. The number of nitrogens with one attached hydrogen (secondary N) is 3. The number of nitrogens with zero attached hydrogens (tertiary/aromatic N) is 1. The third-order valence-electron chi connectivity index (χ3n) is 5.28. The number of benzene rings is 1. The number of hydrogen-bond donors (Lipinski definition) is 4. The number of amides is 3. The van der Waals surface area contributed by atoms with Crippen LogP contribution in [-0.2, 0) is 14.4 Å². The van der Waals surface area contributed by atoms with Crippen LogP contribution in [-0.4, -0.2) is 58.3 Å². The van der Waals surface area contributed by atoms with Gasteiger partial charge in [-0.05, 0) is 37.5 Å². The number of carbonyl (C=O) groups excluding carboxylic acids is 3. The van der Waals surface area contributed by atoms with E-state index in [0.717, 1.165) is 12.1 Å². The second-order valence-corrected chi connectivity index (χ2v) is 8.98. The maximum Gasteiger partial charge on any atom is 0.267 e. The van der Waals surface area contributed by atoms with Crippen molar-refractivity contribution in [2.45, 2.75) is 29.6 Å². The van der Waals surface area contributed by atoms with E-state index in [-0.39, 0.29) is 35.5 Å². The van der Waals surface area contributed by atoms with Crippen LogP contribution in [0, 0.1) is 17.1 Å². The zero-order chi connectivity index (χ0) is 22.1. The normalized spacial score (nSPS) is 21.8. The topological polar surface area (TPSA) is 128 Å². The Hall–Kier alpha value is -2.39. The highest BCUT2D eigenvalue weighted by Gasteiger charge is 2.51. The maximum atomic E-state index is 13.5. The molecule has 162 valence electrons. The molecule has 1 aromatic rings. The van der Waals surface area contributed by atoms with Gasteiger partial charge in [0.15, 0.2) is 0 Å². The summed E-state index contributed by atoms with van der Waals surface area (Å²) < 4.78 is 12.7. The predicted octanol–water partition coefficient (Wildman–Crippen LogP) is 1.39. The zero-order valence-corrected chi connectivity index (χ0v) is 17.5. The van der Waals surface area contributed by atoms with Crippen molar-refractivity contribution in [1.82, 2.24) is 10.2 Å². The first-order valence-corrected chi connectivity index (χ1v) is 10.2. The highest BCUT2D eigenvalue weighted by molar-refractivity contribution is 6.50. The van der Waals surface area contributed by atoms with Gasteiger partial charge in [0.2, 0.25) is 11.8 Å². The number of nitrogens with two attached hydrogens (primary N) is 1. The van der Waals surface area contributed by atoms with Gasteiger partial charge in [-0.25, -0.2) is 4.39 Å². The van der Waals surface area contributed by atoms with Gasteiger partial charge in [-0.1, -0.05) is 0 Å². The fourth-order valence-corrected chi connectivity index (χ4v) is 3.98. The van der Waals surface area contributed by atoms with Gasteiger partial charge in [-0.3, -0.25) is 19.8 Å². The Labute approximate surface area is 182 Å². The van der Waals surface area contributed by atoms with Crippen molar-refractivity contribution in [3.05, 3.63) is 29.6 Å². The second-order valence-electron chi connectivity index (χ2n) is 7.44. The first-order chi connectivity index (χ1) is 14.1. The van der Waals surface area contributed by atoms with E-state index in [1.165, 1.54) is 11.0 Å². The Morgan fingerprint density at radius 3 is 2.67 bits per heavy atom. The summed E-state index contributed by atoms with van der Waals surface area (Å²) in [6.07, 6.45) is 1.85. The van der Waals surface area contributed by atoms with Gasteiger partial charge in [0.05, 0.1) is 6.54 Å². The Morgan fingerprint density at radius 1 is 1.33 bits per heavy atom. The van der Waals surface area contributed by atoms with Gasteiger partial charge in [-0.15, -0.1) is 23.2 Å². The van der Waals surface area contributed by atoms with Crippen LogP contribution in [0.4, 0.5) is 10.1 Å². The SMILES string of the molecule is N=C(C(N)=O)c1cc(F)ccc1NCC(=O)N1CCC[C@H]1C(=O)NC[C@H]1CC1(Cl)Cl. The lowest BCUT2D eigenvalue weighted by Gasteiger charge is -2.24. The maximum absolute atomic E-state index is 13.5. The van der Waals surface area contributed by atoms with Gasteiger partial charge < -0.3 is 21.3 Å². The Kier molecular flexibility index (Phi) is 6.52. The molecule has 2 fully saturated rings. The number of anilines is 1. The van der Waals surface area contributed by atoms with Crippen molar-refractivity contribution < 1.29 is 18.8 Å². The van der Waals surface area contributed by atoms with Gasteiger partial charge in [-0.2, -0.15) is 0 Å². The molecule has 2 atom stereocenters.